The van der Waals surface area contributed by atoms with E-state index in [2.05, 4.69) is 6.92 Å². The highest BCUT2D eigenvalue weighted by Gasteiger charge is 2.40. The molecule has 0 nitrogen and oxygen atoms in total. The molecule has 2 aliphatic carbocycles. The molecule has 2 rings (SSSR count). The second kappa shape index (κ2) is 1.49. The summed E-state index contributed by atoms with van der Waals surface area (Å²) in [7, 11) is 0. The Morgan fingerprint density at radius 1 is 1.00 bits per heavy atom. The molecule has 0 bridgehead atoms. The summed E-state index contributed by atoms with van der Waals surface area (Å²) in [5, 5.41) is 0. The predicted molar refractivity (Wildman–Crippen MR) is 34.6 cm³/mol. The SMILES string of the molecule is C[C@@H]1CCC2CC2C1. The van der Waals surface area contributed by atoms with E-state index in [-0.39, 0.29) is 0 Å². The zero-order chi connectivity index (χ0) is 5.56. The third kappa shape index (κ3) is 0.667. The van der Waals surface area contributed by atoms with Crippen molar-refractivity contribution < 1.29 is 0 Å². The lowest BCUT2D eigenvalue weighted by atomic mass is 9.91. The summed E-state index contributed by atoms with van der Waals surface area (Å²) in [5.41, 5.74) is 0. The molecule has 2 unspecified atom stereocenters. The zero-order valence-electron chi connectivity index (χ0n) is 5.56. The molecule has 0 aromatic carbocycles. The van der Waals surface area contributed by atoms with E-state index < -0.39 is 0 Å². The Morgan fingerprint density at radius 3 is 2.50 bits per heavy atom. The minimum Gasteiger partial charge on any atom is -0.0625 e. The molecule has 3 atom stereocenters. The van der Waals surface area contributed by atoms with Crippen molar-refractivity contribution in [2.24, 2.45) is 17.8 Å². The van der Waals surface area contributed by atoms with Crippen molar-refractivity contribution in [2.45, 2.75) is 32.6 Å². The van der Waals surface area contributed by atoms with Crippen LogP contribution in [0.4, 0.5) is 0 Å². The lowest BCUT2D eigenvalue weighted by Gasteiger charge is -2.15. The fraction of sp³-hybridized carbons (Fsp3) is 1.00. The Bertz CT molecular complexity index is 96.2. The average molecular weight is 110 g/mol. The lowest BCUT2D eigenvalue weighted by molar-refractivity contribution is 0.368. The predicted octanol–water partition coefficient (Wildman–Crippen LogP) is 2.44. The highest BCUT2D eigenvalue weighted by Crippen LogP contribution is 2.51. The van der Waals surface area contributed by atoms with E-state index in [9.17, 15) is 0 Å². The first kappa shape index (κ1) is 4.84. The minimum atomic E-state index is 1.05. The van der Waals surface area contributed by atoms with E-state index in [0.29, 0.717) is 0 Å². The topological polar surface area (TPSA) is 0 Å². The van der Waals surface area contributed by atoms with Crippen LogP contribution in [0.5, 0.6) is 0 Å². The Hall–Kier alpha value is 0. The Morgan fingerprint density at radius 2 is 1.88 bits per heavy atom. The van der Waals surface area contributed by atoms with Crippen molar-refractivity contribution in [3.05, 3.63) is 0 Å². The molecule has 0 amide bonds. The molecule has 0 N–H and O–H groups in total. The number of hydrogen-bond donors (Lipinski definition) is 0. The molecule has 46 valence electrons. The molecule has 0 heterocycles. The van der Waals surface area contributed by atoms with Crippen molar-refractivity contribution in [1.82, 2.24) is 0 Å². The maximum Gasteiger partial charge on any atom is -0.0380 e. The second-order valence-electron chi connectivity index (χ2n) is 3.67. The first-order chi connectivity index (χ1) is 3.86. The summed E-state index contributed by atoms with van der Waals surface area (Å²) in [5.74, 6) is 3.42. The molecule has 0 aliphatic heterocycles. The Labute approximate surface area is 51.3 Å². The molecular formula is C8H14. The van der Waals surface area contributed by atoms with Crippen LogP contribution >= 0.6 is 0 Å². The summed E-state index contributed by atoms with van der Waals surface area (Å²) in [4.78, 5) is 0. The fourth-order valence-corrected chi connectivity index (χ4v) is 2.09. The molecule has 2 aliphatic rings. The van der Waals surface area contributed by atoms with Crippen LogP contribution in [0.3, 0.4) is 0 Å². The molecule has 8 heavy (non-hydrogen) atoms. The fourth-order valence-electron chi connectivity index (χ4n) is 2.09. The molecule has 2 saturated carbocycles. The molecule has 0 spiro atoms. The van der Waals surface area contributed by atoms with E-state index in [1.54, 1.807) is 19.3 Å². The molecule has 0 aromatic rings. The van der Waals surface area contributed by atoms with Gasteiger partial charge in [0.1, 0.15) is 0 Å². The van der Waals surface area contributed by atoms with Gasteiger partial charge in [-0.3, -0.25) is 0 Å². The van der Waals surface area contributed by atoms with Gasteiger partial charge in [0.2, 0.25) is 0 Å². The van der Waals surface area contributed by atoms with Crippen LogP contribution in [0.25, 0.3) is 0 Å². The van der Waals surface area contributed by atoms with E-state index >= 15 is 0 Å². The summed E-state index contributed by atoms with van der Waals surface area (Å²) in [6, 6.07) is 0. The van der Waals surface area contributed by atoms with Crippen LogP contribution in [0.15, 0.2) is 0 Å². The van der Waals surface area contributed by atoms with Gasteiger partial charge in [0.25, 0.3) is 0 Å². The van der Waals surface area contributed by atoms with Crippen molar-refractivity contribution in [3.8, 4) is 0 Å². The Kier molecular flexibility index (Phi) is 0.902. The van der Waals surface area contributed by atoms with Gasteiger partial charge < -0.3 is 0 Å². The van der Waals surface area contributed by atoms with Gasteiger partial charge in [-0.2, -0.15) is 0 Å². The van der Waals surface area contributed by atoms with Crippen LogP contribution in [-0.4, -0.2) is 0 Å². The quantitative estimate of drug-likeness (QED) is 0.449. The molecule has 0 saturated heterocycles. The van der Waals surface area contributed by atoms with Crippen LogP contribution in [0.2, 0.25) is 0 Å². The number of hydrogen-bond acceptors (Lipinski definition) is 0. The highest BCUT2D eigenvalue weighted by atomic mass is 14.5. The van der Waals surface area contributed by atoms with Crippen molar-refractivity contribution in [1.29, 1.82) is 0 Å². The third-order valence-electron chi connectivity index (χ3n) is 2.80. The molecule has 0 aromatic heterocycles. The molecule has 2 fully saturated rings. The number of fused-ring (bicyclic) bond motifs is 1. The monoisotopic (exact) mass is 110 g/mol. The van der Waals surface area contributed by atoms with Crippen molar-refractivity contribution in [2.75, 3.05) is 0 Å². The number of rotatable bonds is 0. The smallest absolute Gasteiger partial charge is 0.0380 e. The van der Waals surface area contributed by atoms with Crippen molar-refractivity contribution >= 4 is 0 Å². The van der Waals surface area contributed by atoms with Crippen LogP contribution in [0, 0.1) is 17.8 Å². The van der Waals surface area contributed by atoms with Gasteiger partial charge in [-0.25, -0.2) is 0 Å². The van der Waals surface area contributed by atoms with Crippen LogP contribution < -0.4 is 0 Å². The average Bonchev–Trinajstić information content (AvgIpc) is 2.43. The van der Waals surface area contributed by atoms with Gasteiger partial charge in [0.15, 0.2) is 0 Å². The van der Waals surface area contributed by atoms with Gasteiger partial charge in [0.05, 0.1) is 0 Å². The first-order valence-corrected chi connectivity index (χ1v) is 3.86. The third-order valence-corrected chi connectivity index (χ3v) is 2.80. The largest absolute Gasteiger partial charge is 0.0625 e. The van der Waals surface area contributed by atoms with E-state index in [0.717, 1.165) is 5.92 Å². The maximum atomic E-state index is 2.40. The highest BCUT2D eigenvalue weighted by molar-refractivity contribution is 4.91. The van der Waals surface area contributed by atoms with Crippen molar-refractivity contribution in [3.63, 3.8) is 0 Å². The molecular weight excluding hydrogens is 96.1 g/mol. The second-order valence-corrected chi connectivity index (χ2v) is 3.67. The summed E-state index contributed by atoms with van der Waals surface area (Å²) in [6.45, 7) is 2.40. The molecule has 0 radical (unpaired) electrons. The first-order valence-electron chi connectivity index (χ1n) is 3.86. The summed E-state index contributed by atoms with van der Waals surface area (Å²) in [6.07, 6.45) is 6.18. The van der Waals surface area contributed by atoms with E-state index in [4.69, 9.17) is 0 Å². The maximum absolute atomic E-state index is 2.40. The standard InChI is InChI=1S/C8H14/c1-6-2-3-7-5-8(7)4-6/h6-8H,2-5H2,1H3/t6-,7?,8?/m1/s1. The van der Waals surface area contributed by atoms with E-state index in [1.165, 1.54) is 18.3 Å². The Balaban J connectivity index is 1.93. The zero-order valence-corrected chi connectivity index (χ0v) is 5.56. The minimum absolute atomic E-state index is 1.05. The normalized spacial score (nSPS) is 52.9. The lowest BCUT2D eigenvalue weighted by Crippen LogP contribution is -2.03. The van der Waals surface area contributed by atoms with Crippen LogP contribution in [0.1, 0.15) is 32.6 Å². The molecule has 0 heteroatoms. The van der Waals surface area contributed by atoms with Crippen LogP contribution in [-0.2, 0) is 0 Å². The van der Waals surface area contributed by atoms with Gasteiger partial charge in [0, 0.05) is 0 Å². The van der Waals surface area contributed by atoms with Gasteiger partial charge in [-0.05, 0) is 37.0 Å². The summed E-state index contributed by atoms with van der Waals surface area (Å²) < 4.78 is 0. The van der Waals surface area contributed by atoms with Gasteiger partial charge >= 0.3 is 0 Å². The summed E-state index contributed by atoms with van der Waals surface area (Å²) >= 11 is 0. The van der Waals surface area contributed by atoms with E-state index in [1.807, 2.05) is 0 Å². The van der Waals surface area contributed by atoms with Gasteiger partial charge in [-0.1, -0.05) is 13.3 Å². The van der Waals surface area contributed by atoms with Gasteiger partial charge in [-0.15, -0.1) is 0 Å².